The molecule has 2 unspecified atom stereocenters. The van der Waals surface area contributed by atoms with Crippen molar-refractivity contribution in [2.75, 3.05) is 31.6 Å². The van der Waals surface area contributed by atoms with E-state index in [0.717, 1.165) is 50.7 Å². The van der Waals surface area contributed by atoms with Gasteiger partial charge < -0.3 is 25.4 Å². The lowest BCUT2D eigenvalue weighted by molar-refractivity contribution is -0.139. The van der Waals surface area contributed by atoms with Crippen LogP contribution in [0.3, 0.4) is 0 Å². The fourth-order valence-electron chi connectivity index (χ4n) is 6.64. The molecule has 0 saturated carbocycles. The van der Waals surface area contributed by atoms with E-state index < -0.39 is 27.4 Å². The molecule has 3 N–H and O–H groups in total. The second-order valence-electron chi connectivity index (χ2n) is 11.0. The molecule has 3 aliphatic heterocycles. The number of amides is 3. The van der Waals surface area contributed by atoms with E-state index in [9.17, 15) is 19.5 Å². The zero-order valence-corrected chi connectivity index (χ0v) is 23.8. The molecule has 0 radical (unpaired) electrons. The highest BCUT2D eigenvalue weighted by molar-refractivity contribution is 8.02. The molecule has 3 saturated heterocycles. The zero-order chi connectivity index (χ0) is 27.3. The van der Waals surface area contributed by atoms with Gasteiger partial charge in [-0.3, -0.25) is 14.4 Å². The Morgan fingerprint density at radius 3 is 2.53 bits per heavy atom. The number of benzene rings is 1. The molecule has 3 fully saturated rings. The minimum Gasteiger partial charge on any atom is -0.494 e. The number of anilines is 1. The van der Waals surface area contributed by atoms with Crippen molar-refractivity contribution >= 4 is 35.2 Å². The van der Waals surface area contributed by atoms with E-state index in [0.29, 0.717) is 31.8 Å². The topological polar surface area (TPSA) is 108 Å². The maximum Gasteiger partial charge on any atom is 0.244 e. The van der Waals surface area contributed by atoms with Gasteiger partial charge in [-0.05, 0) is 76.6 Å². The van der Waals surface area contributed by atoms with Gasteiger partial charge in [0.25, 0.3) is 0 Å². The average molecular weight is 546 g/mol. The van der Waals surface area contributed by atoms with Gasteiger partial charge in [-0.15, -0.1) is 11.8 Å². The number of unbranched alkanes of at least 4 members (excludes halogenated alkanes) is 4. The number of rotatable bonds is 14. The first-order chi connectivity index (χ1) is 18.3. The Labute approximate surface area is 230 Å². The largest absolute Gasteiger partial charge is 0.494 e. The van der Waals surface area contributed by atoms with Gasteiger partial charge in [0.2, 0.25) is 17.7 Å². The molecule has 1 spiro atoms. The van der Waals surface area contributed by atoms with Gasteiger partial charge in [0.05, 0.1) is 23.2 Å². The minimum absolute atomic E-state index is 0.0783. The van der Waals surface area contributed by atoms with Gasteiger partial charge in [0, 0.05) is 30.1 Å². The summed E-state index contributed by atoms with van der Waals surface area (Å²) in [6.45, 7) is 7.88. The molecule has 1 aromatic rings. The molecule has 3 heterocycles. The molecule has 0 aromatic heterocycles. The maximum absolute atomic E-state index is 14.0. The number of thioether (sulfide) groups is 1. The number of hydrogen-bond acceptors (Lipinski definition) is 6. The van der Waals surface area contributed by atoms with Crippen molar-refractivity contribution in [1.82, 2.24) is 10.2 Å². The van der Waals surface area contributed by atoms with Crippen molar-refractivity contribution in [3.05, 3.63) is 24.3 Å². The van der Waals surface area contributed by atoms with Crippen LogP contribution in [0.2, 0.25) is 0 Å². The maximum atomic E-state index is 14.0. The second kappa shape index (κ2) is 12.3. The predicted octanol–water partition coefficient (Wildman–Crippen LogP) is 3.97. The van der Waals surface area contributed by atoms with Crippen LogP contribution < -0.4 is 15.4 Å². The third-order valence-corrected chi connectivity index (χ3v) is 10.4. The van der Waals surface area contributed by atoms with Gasteiger partial charge >= 0.3 is 0 Å². The second-order valence-corrected chi connectivity index (χ2v) is 12.9. The Bertz CT molecular complexity index is 1000. The molecule has 38 heavy (non-hydrogen) atoms. The first-order valence-corrected chi connectivity index (χ1v) is 15.1. The van der Waals surface area contributed by atoms with Crippen LogP contribution in [-0.4, -0.2) is 69.6 Å². The number of carbonyl (C=O) groups is 3. The minimum atomic E-state index is -0.599. The number of hydrogen-bond donors (Lipinski definition) is 3. The van der Waals surface area contributed by atoms with Gasteiger partial charge in [0.1, 0.15) is 11.8 Å². The average Bonchev–Trinajstić information content (AvgIpc) is 3.46. The zero-order valence-electron chi connectivity index (χ0n) is 23.0. The number of fused-ring (bicyclic) bond motifs is 1. The smallest absolute Gasteiger partial charge is 0.244 e. The van der Waals surface area contributed by atoms with Crippen molar-refractivity contribution in [1.29, 1.82) is 0 Å². The molecular weight excluding hydrogens is 502 g/mol. The van der Waals surface area contributed by atoms with E-state index in [1.807, 2.05) is 31.2 Å². The molecule has 8 nitrogen and oxygen atoms in total. The summed E-state index contributed by atoms with van der Waals surface area (Å²) >= 11 is 1.70. The lowest BCUT2D eigenvalue weighted by atomic mass is 9.66. The first kappa shape index (κ1) is 28.7. The Morgan fingerprint density at radius 2 is 1.84 bits per heavy atom. The summed E-state index contributed by atoms with van der Waals surface area (Å²) in [5.41, 5.74) is 0.667. The highest BCUT2D eigenvalue weighted by Gasteiger charge is 2.76. The van der Waals surface area contributed by atoms with Crippen LogP contribution in [-0.2, 0) is 14.4 Å². The summed E-state index contributed by atoms with van der Waals surface area (Å²) in [6.07, 6.45) is 6.74. The van der Waals surface area contributed by atoms with Crippen molar-refractivity contribution < 1.29 is 24.2 Å². The quantitative estimate of drug-likeness (QED) is 0.305. The molecule has 3 aliphatic rings. The van der Waals surface area contributed by atoms with Crippen LogP contribution in [0, 0.1) is 11.8 Å². The fraction of sp³-hybridized carbons (Fsp3) is 0.690. The molecule has 2 bridgehead atoms. The summed E-state index contributed by atoms with van der Waals surface area (Å²) < 4.78 is 4.51. The lowest BCUT2D eigenvalue weighted by Crippen LogP contribution is -2.54. The van der Waals surface area contributed by atoms with Gasteiger partial charge in [-0.1, -0.05) is 19.8 Å². The van der Waals surface area contributed by atoms with Crippen LogP contribution in [0.15, 0.2) is 24.3 Å². The van der Waals surface area contributed by atoms with Gasteiger partial charge in [-0.2, -0.15) is 0 Å². The van der Waals surface area contributed by atoms with Crippen molar-refractivity contribution in [3.63, 3.8) is 0 Å². The first-order valence-electron chi connectivity index (χ1n) is 14.2. The predicted molar refractivity (Wildman–Crippen MR) is 150 cm³/mol. The third kappa shape index (κ3) is 5.41. The summed E-state index contributed by atoms with van der Waals surface area (Å²) in [5.74, 6) is -0.638. The Hall–Kier alpha value is -2.26. The number of aliphatic hydroxyl groups excluding tert-OH is 1. The normalized spacial score (nSPS) is 29.4. The van der Waals surface area contributed by atoms with Crippen LogP contribution in [0.4, 0.5) is 5.69 Å². The fourth-order valence-corrected chi connectivity index (χ4v) is 9.00. The van der Waals surface area contributed by atoms with E-state index in [1.54, 1.807) is 16.7 Å². The number of aliphatic hydroxyl groups is 1. The highest BCUT2D eigenvalue weighted by Crippen LogP contribution is 2.71. The molecule has 4 rings (SSSR count). The highest BCUT2D eigenvalue weighted by atomic mass is 32.2. The van der Waals surface area contributed by atoms with Crippen molar-refractivity contribution in [3.8, 4) is 5.75 Å². The van der Waals surface area contributed by atoms with Gasteiger partial charge in [0.15, 0.2) is 0 Å². The SMILES string of the molecule is CCCCCNC(=O)C1N(CCCCCO)C(=O)[C@@H]2[C@H](C(=O)Nc3ccc(OCC)cc3)[C@]3(C)CCC12S3. The molecule has 210 valence electrons. The molecule has 0 aliphatic carbocycles. The number of nitrogens with one attached hydrogen (secondary N) is 2. The van der Waals surface area contributed by atoms with E-state index in [4.69, 9.17) is 4.74 Å². The number of nitrogens with zero attached hydrogens (tertiary/aromatic N) is 1. The monoisotopic (exact) mass is 545 g/mol. The van der Waals surface area contributed by atoms with Crippen LogP contribution >= 0.6 is 11.8 Å². The molecular formula is C29H43N3O5S. The molecule has 3 amide bonds. The number of carbonyl (C=O) groups excluding carboxylic acids is 3. The van der Waals surface area contributed by atoms with Crippen LogP contribution in [0.5, 0.6) is 5.75 Å². The lowest BCUT2D eigenvalue weighted by Gasteiger charge is -2.34. The van der Waals surface area contributed by atoms with E-state index in [2.05, 4.69) is 24.5 Å². The summed E-state index contributed by atoms with van der Waals surface area (Å²) in [4.78, 5) is 43.2. The van der Waals surface area contributed by atoms with E-state index in [1.165, 1.54) is 0 Å². The summed E-state index contributed by atoms with van der Waals surface area (Å²) in [5, 5.41) is 15.4. The Morgan fingerprint density at radius 1 is 1.08 bits per heavy atom. The van der Waals surface area contributed by atoms with Crippen LogP contribution in [0.1, 0.15) is 72.1 Å². The van der Waals surface area contributed by atoms with Crippen LogP contribution in [0.25, 0.3) is 0 Å². The Kier molecular flexibility index (Phi) is 9.29. The van der Waals surface area contributed by atoms with Gasteiger partial charge in [-0.25, -0.2) is 0 Å². The Balaban J connectivity index is 1.58. The molecule has 1 aromatic carbocycles. The summed E-state index contributed by atoms with van der Waals surface area (Å²) in [7, 11) is 0. The molecule has 5 atom stereocenters. The standard InChI is InChI=1S/C29H43N3O5S/c1-4-6-8-17-30-26(35)24-29-16-15-28(3,38-29)22(23(29)27(36)32(24)18-9-7-10-19-33)25(34)31-20-11-13-21(14-12-20)37-5-2/h11-14,22-24,33H,4-10,15-19H2,1-3H3,(H,30,35)(H,31,34)/t22-,23+,24?,28+,29?/m1/s1. The molecule has 9 heteroatoms. The third-order valence-electron chi connectivity index (χ3n) is 8.38. The van der Waals surface area contributed by atoms with E-state index >= 15 is 0 Å². The number of likely N-dealkylation sites (tertiary alicyclic amines) is 1. The van der Waals surface area contributed by atoms with Crippen molar-refractivity contribution in [2.45, 2.75) is 87.7 Å². The summed E-state index contributed by atoms with van der Waals surface area (Å²) in [6, 6.07) is 6.71. The van der Waals surface area contributed by atoms with E-state index in [-0.39, 0.29) is 24.3 Å². The van der Waals surface area contributed by atoms with Crippen molar-refractivity contribution in [2.24, 2.45) is 11.8 Å². The number of ether oxygens (including phenoxy) is 1.